The van der Waals surface area contributed by atoms with Gasteiger partial charge in [0, 0.05) is 7.05 Å². The average molecular weight is 173 g/mol. The van der Waals surface area contributed by atoms with Crippen LogP contribution in [-0.4, -0.2) is 37.5 Å². The predicted molar refractivity (Wildman–Crippen MR) is 44.5 cm³/mol. The molecule has 0 aliphatic carbocycles. The lowest BCUT2D eigenvalue weighted by atomic mass is 10.2. The van der Waals surface area contributed by atoms with Gasteiger partial charge in [-0.1, -0.05) is 13.8 Å². The summed E-state index contributed by atoms with van der Waals surface area (Å²) in [7, 11) is 1.64. The van der Waals surface area contributed by atoms with Gasteiger partial charge in [0.15, 0.2) is 0 Å². The lowest BCUT2D eigenvalue weighted by Gasteiger charge is -2.11. The lowest BCUT2D eigenvalue weighted by molar-refractivity contribution is -0.148. The third-order valence-corrected chi connectivity index (χ3v) is 1.34. The molecule has 0 radical (unpaired) electrons. The normalized spacial score (nSPS) is 9.67. The molecule has 0 atom stereocenters. The molecule has 0 spiro atoms. The monoisotopic (exact) mass is 173 g/mol. The van der Waals surface area contributed by atoms with E-state index in [1.165, 1.54) is 4.90 Å². The predicted octanol–water partition coefficient (Wildman–Crippen LogP) is 0.274. The summed E-state index contributed by atoms with van der Waals surface area (Å²) >= 11 is 0. The zero-order valence-electron chi connectivity index (χ0n) is 7.74. The molecule has 4 nitrogen and oxygen atoms in total. The van der Waals surface area contributed by atoms with Gasteiger partial charge in [-0.2, -0.15) is 0 Å². The van der Waals surface area contributed by atoms with Crippen molar-refractivity contribution < 1.29 is 14.3 Å². The Morgan fingerprint density at radius 2 is 2.17 bits per heavy atom. The molecule has 0 unspecified atom stereocenters. The van der Waals surface area contributed by atoms with Crippen LogP contribution < -0.4 is 0 Å². The topological polar surface area (TPSA) is 46.6 Å². The Kier molecular flexibility index (Phi) is 5.08. The molecule has 0 heterocycles. The number of hydrogen-bond donors (Lipinski definition) is 0. The maximum atomic E-state index is 10.9. The second-order valence-corrected chi connectivity index (χ2v) is 2.91. The van der Waals surface area contributed by atoms with Crippen LogP contribution >= 0.6 is 0 Å². The van der Waals surface area contributed by atoms with E-state index in [0.29, 0.717) is 13.0 Å². The van der Waals surface area contributed by atoms with Crippen molar-refractivity contribution >= 4 is 12.4 Å². The van der Waals surface area contributed by atoms with Gasteiger partial charge in [0.05, 0.1) is 12.5 Å². The van der Waals surface area contributed by atoms with Gasteiger partial charge in [-0.3, -0.25) is 9.59 Å². The maximum Gasteiger partial charge on any atom is 0.308 e. The molecule has 0 fully saturated rings. The Hall–Kier alpha value is -1.06. The Balaban J connectivity index is 3.43. The Bertz CT molecular complexity index is 156. The number of carbonyl (C=O) groups is 2. The van der Waals surface area contributed by atoms with E-state index in [1.54, 1.807) is 20.9 Å². The molecule has 0 aromatic carbocycles. The molecule has 0 aromatic rings. The standard InChI is InChI=1S/C8H15NO3/c1-7(2)8(11)12-5-4-9(3)6-10/h6-7H,4-5H2,1-3H3. The maximum absolute atomic E-state index is 10.9. The highest BCUT2D eigenvalue weighted by molar-refractivity contribution is 5.71. The van der Waals surface area contributed by atoms with Crippen molar-refractivity contribution in [2.24, 2.45) is 5.92 Å². The number of ether oxygens (including phenoxy) is 1. The summed E-state index contributed by atoms with van der Waals surface area (Å²) in [6.45, 7) is 4.26. The SMILES string of the molecule is CC(C)C(=O)OCCN(C)C=O. The minimum atomic E-state index is -0.228. The van der Waals surface area contributed by atoms with Crippen molar-refractivity contribution in [1.82, 2.24) is 4.90 Å². The zero-order chi connectivity index (χ0) is 9.56. The molecule has 0 rings (SSSR count). The fourth-order valence-corrected chi connectivity index (χ4v) is 0.510. The number of likely N-dealkylation sites (N-methyl/N-ethyl adjacent to an activating group) is 1. The molecule has 4 heteroatoms. The Morgan fingerprint density at radius 3 is 2.58 bits per heavy atom. The summed E-state index contributed by atoms with van der Waals surface area (Å²) in [6, 6.07) is 0. The van der Waals surface area contributed by atoms with Gasteiger partial charge in [-0.15, -0.1) is 0 Å². The van der Waals surface area contributed by atoms with Crippen molar-refractivity contribution in [3.63, 3.8) is 0 Å². The second kappa shape index (κ2) is 5.57. The van der Waals surface area contributed by atoms with Crippen LogP contribution in [0.1, 0.15) is 13.8 Å². The van der Waals surface area contributed by atoms with E-state index in [0.717, 1.165) is 0 Å². The van der Waals surface area contributed by atoms with Gasteiger partial charge in [0.2, 0.25) is 6.41 Å². The Labute approximate surface area is 72.5 Å². The zero-order valence-corrected chi connectivity index (χ0v) is 7.74. The first-order valence-electron chi connectivity index (χ1n) is 3.90. The number of carbonyl (C=O) groups excluding carboxylic acids is 2. The molecule has 0 bridgehead atoms. The van der Waals surface area contributed by atoms with Crippen LogP contribution in [0, 0.1) is 5.92 Å². The molecule has 0 N–H and O–H groups in total. The third-order valence-electron chi connectivity index (χ3n) is 1.34. The highest BCUT2D eigenvalue weighted by atomic mass is 16.5. The quantitative estimate of drug-likeness (QED) is 0.443. The largest absolute Gasteiger partial charge is 0.464 e. The molecular formula is C8H15NO3. The van der Waals surface area contributed by atoms with E-state index in [-0.39, 0.29) is 18.5 Å². The highest BCUT2D eigenvalue weighted by Gasteiger charge is 2.07. The van der Waals surface area contributed by atoms with E-state index in [9.17, 15) is 9.59 Å². The summed E-state index contributed by atoms with van der Waals surface area (Å²) in [5.74, 6) is -0.333. The molecule has 0 saturated carbocycles. The molecule has 12 heavy (non-hydrogen) atoms. The minimum Gasteiger partial charge on any atom is -0.464 e. The smallest absolute Gasteiger partial charge is 0.308 e. The van der Waals surface area contributed by atoms with Crippen LogP contribution in [0.5, 0.6) is 0 Å². The van der Waals surface area contributed by atoms with Crippen molar-refractivity contribution in [3.8, 4) is 0 Å². The van der Waals surface area contributed by atoms with Crippen LogP contribution in [0.3, 0.4) is 0 Å². The number of esters is 1. The van der Waals surface area contributed by atoms with Gasteiger partial charge in [-0.25, -0.2) is 0 Å². The first-order chi connectivity index (χ1) is 5.57. The van der Waals surface area contributed by atoms with Crippen LogP contribution in [0.25, 0.3) is 0 Å². The van der Waals surface area contributed by atoms with E-state index in [2.05, 4.69) is 0 Å². The molecule has 0 aromatic heterocycles. The molecule has 1 amide bonds. The summed E-state index contributed by atoms with van der Waals surface area (Å²) in [5.41, 5.74) is 0. The van der Waals surface area contributed by atoms with Gasteiger partial charge in [0.1, 0.15) is 6.61 Å². The van der Waals surface area contributed by atoms with Crippen LogP contribution in [-0.2, 0) is 14.3 Å². The van der Waals surface area contributed by atoms with Gasteiger partial charge < -0.3 is 9.64 Å². The van der Waals surface area contributed by atoms with Crippen molar-refractivity contribution in [2.75, 3.05) is 20.2 Å². The minimum absolute atomic E-state index is 0.105. The van der Waals surface area contributed by atoms with Crippen LogP contribution in [0.4, 0.5) is 0 Å². The van der Waals surface area contributed by atoms with Crippen molar-refractivity contribution in [2.45, 2.75) is 13.8 Å². The fourth-order valence-electron chi connectivity index (χ4n) is 0.510. The first kappa shape index (κ1) is 10.9. The van der Waals surface area contributed by atoms with Crippen molar-refractivity contribution in [1.29, 1.82) is 0 Å². The number of rotatable bonds is 5. The summed E-state index contributed by atoms with van der Waals surface area (Å²) in [5, 5.41) is 0. The molecule has 0 saturated heterocycles. The van der Waals surface area contributed by atoms with Crippen LogP contribution in [0.15, 0.2) is 0 Å². The first-order valence-corrected chi connectivity index (χ1v) is 3.90. The number of nitrogens with zero attached hydrogens (tertiary/aromatic N) is 1. The van der Waals surface area contributed by atoms with Gasteiger partial charge >= 0.3 is 5.97 Å². The van der Waals surface area contributed by atoms with Crippen LogP contribution in [0.2, 0.25) is 0 Å². The van der Waals surface area contributed by atoms with E-state index in [4.69, 9.17) is 4.74 Å². The number of hydrogen-bond acceptors (Lipinski definition) is 3. The summed E-state index contributed by atoms with van der Waals surface area (Å²) < 4.78 is 4.84. The highest BCUT2D eigenvalue weighted by Crippen LogP contribution is 1.95. The third kappa shape index (κ3) is 4.71. The fraction of sp³-hybridized carbons (Fsp3) is 0.750. The molecule has 0 aliphatic heterocycles. The summed E-state index contributed by atoms with van der Waals surface area (Å²) in [4.78, 5) is 22.4. The van der Waals surface area contributed by atoms with E-state index in [1.807, 2.05) is 0 Å². The van der Waals surface area contributed by atoms with E-state index >= 15 is 0 Å². The molecule has 70 valence electrons. The second-order valence-electron chi connectivity index (χ2n) is 2.91. The van der Waals surface area contributed by atoms with Gasteiger partial charge in [0.25, 0.3) is 0 Å². The number of amides is 1. The molecule has 0 aliphatic rings. The summed E-state index contributed by atoms with van der Waals surface area (Å²) in [6.07, 6.45) is 0.698. The average Bonchev–Trinajstić information content (AvgIpc) is 2.03. The van der Waals surface area contributed by atoms with Gasteiger partial charge in [-0.05, 0) is 0 Å². The molecular weight excluding hydrogens is 158 g/mol. The van der Waals surface area contributed by atoms with Crippen molar-refractivity contribution in [3.05, 3.63) is 0 Å². The lowest BCUT2D eigenvalue weighted by Crippen LogP contribution is -2.24. The Morgan fingerprint density at radius 1 is 1.58 bits per heavy atom. The van der Waals surface area contributed by atoms with E-state index < -0.39 is 0 Å².